The molecule has 1 atom stereocenters. The lowest BCUT2D eigenvalue weighted by atomic mass is 10.2. The summed E-state index contributed by atoms with van der Waals surface area (Å²) >= 11 is 0. The molecule has 2 heterocycles. The number of rotatable bonds is 3. The molecule has 0 aromatic carbocycles. The Labute approximate surface area is 112 Å². The molecule has 0 saturated heterocycles. The van der Waals surface area contributed by atoms with Crippen molar-refractivity contribution in [2.24, 2.45) is 0 Å². The highest BCUT2D eigenvalue weighted by molar-refractivity contribution is 5.92. The lowest BCUT2D eigenvalue weighted by Gasteiger charge is -2.12. The van der Waals surface area contributed by atoms with Gasteiger partial charge in [0.25, 0.3) is 5.91 Å². The molecular formula is C12H11F3N4O. The molecular weight excluding hydrogens is 273 g/mol. The van der Waals surface area contributed by atoms with Gasteiger partial charge in [0, 0.05) is 18.0 Å². The van der Waals surface area contributed by atoms with E-state index in [1.807, 2.05) is 0 Å². The predicted octanol–water partition coefficient (Wildman–Crippen LogP) is 2.31. The van der Waals surface area contributed by atoms with E-state index in [-0.39, 0.29) is 11.7 Å². The van der Waals surface area contributed by atoms with Gasteiger partial charge in [-0.2, -0.15) is 18.3 Å². The van der Waals surface area contributed by atoms with Gasteiger partial charge in [0.05, 0.1) is 17.8 Å². The van der Waals surface area contributed by atoms with Crippen molar-refractivity contribution in [3.63, 3.8) is 0 Å². The van der Waals surface area contributed by atoms with Crippen molar-refractivity contribution in [2.45, 2.75) is 19.1 Å². The minimum absolute atomic E-state index is 0.0756. The van der Waals surface area contributed by atoms with Gasteiger partial charge >= 0.3 is 6.18 Å². The summed E-state index contributed by atoms with van der Waals surface area (Å²) in [5.41, 5.74) is -0.212. The summed E-state index contributed by atoms with van der Waals surface area (Å²) < 4.78 is 37.1. The van der Waals surface area contributed by atoms with Gasteiger partial charge in [-0.1, -0.05) is 0 Å². The maximum absolute atomic E-state index is 12.4. The summed E-state index contributed by atoms with van der Waals surface area (Å²) in [6, 6.07) is 1.54. The van der Waals surface area contributed by atoms with Gasteiger partial charge in [0.2, 0.25) is 0 Å². The number of alkyl halides is 3. The molecule has 0 aliphatic heterocycles. The summed E-state index contributed by atoms with van der Waals surface area (Å²) in [5.74, 6) is -0.549. The fourth-order valence-electron chi connectivity index (χ4n) is 1.55. The van der Waals surface area contributed by atoms with E-state index in [0.717, 1.165) is 17.7 Å². The number of carbonyl (C=O) groups is 1. The number of H-pyrrole nitrogens is 1. The number of carbonyl (C=O) groups excluding carboxylic acids is 1. The van der Waals surface area contributed by atoms with Gasteiger partial charge in [0.15, 0.2) is 0 Å². The van der Waals surface area contributed by atoms with Crippen molar-refractivity contribution in [1.29, 1.82) is 0 Å². The van der Waals surface area contributed by atoms with E-state index < -0.39 is 17.6 Å². The van der Waals surface area contributed by atoms with Crippen LogP contribution in [-0.4, -0.2) is 21.1 Å². The molecule has 0 saturated carbocycles. The van der Waals surface area contributed by atoms with Crippen LogP contribution in [-0.2, 0) is 6.18 Å². The van der Waals surface area contributed by atoms with E-state index in [1.54, 1.807) is 19.3 Å². The standard InChI is InChI=1S/C12H11F3N4O/c1-7(8-4-17-18-5-8)19-11(20)10-3-2-9(6-16-10)12(13,14)15/h2-7H,1H3,(H,17,18)(H,19,20). The molecule has 2 aromatic heterocycles. The van der Waals surface area contributed by atoms with Crippen LogP contribution in [0.1, 0.15) is 34.6 Å². The van der Waals surface area contributed by atoms with Gasteiger partial charge in [0.1, 0.15) is 5.69 Å². The molecule has 2 rings (SSSR count). The zero-order valence-electron chi connectivity index (χ0n) is 10.4. The molecule has 0 bridgehead atoms. The quantitative estimate of drug-likeness (QED) is 0.908. The molecule has 0 fully saturated rings. The predicted molar refractivity (Wildman–Crippen MR) is 63.7 cm³/mol. The second-order valence-corrected chi connectivity index (χ2v) is 4.16. The second kappa shape index (κ2) is 5.32. The van der Waals surface area contributed by atoms with E-state index in [0.29, 0.717) is 6.20 Å². The van der Waals surface area contributed by atoms with Crippen LogP contribution in [0.3, 0.4) is 0 Å². The van der Waals surface area contributed by atoms with Crippen molar-refractivity contribution in [3.8, 4) is 0 Å². The first-order valence-electron chi connectivity index (χ1n) is 5.70. The number of amides is 1. The van der Waals surface area contributed by atoms with Crippen LogP contribution in [0, 0.1) is 0 Å². The highest BCUT2D eigenvalue weighted by Crippen LogP contribution is 2.28. The molecule has 0 aliphatic carbocycles. The number of pyridine rings is 1. The third-order valence-corrected chi connectivity index (χ3v) is 2.69. The molecule has 106 valence electrons. The highest BCUT2D eigenvalue weighted by atomic mass is 19.4. The molecule has 0 radical (unpaired) electrons. The summed E-state index contributed by atoms with van der Waals surface area (Å²) in [7, 11) is 0. The van der Waals surface area contributed by atoms with Crippen molar-refractivity contribution >= 4 is 5.91 Å². The lowest BCUT2D eigenvalue weighted by molar-refractivity contribution is -0.137. The first-order chi connectivity index (χ1) is 9.38. The molecule has 8 heteroatoms. The summed E-state index contributed by atoms with van der Waals surface area (Å²) in [5, 5.41) is 8.96. The SMILES string of the molecule is CC(NC(=O)c1ccc(C(F)(F)F)cn1)c1cn[nH]c1. The van der Waals surface area contributed by atoms with Crippen LogP contribution in [0.4, 0.5) is 13.2 Å². The highest BCUT2D eigenvalue weighted by Gasteiger charge is 2.31. The van der Waals surface area contributed by atoms with Crippen LogP contribution in [0.5, 0.6) is 0 Å². The topological polar surface area (TPSA) is 70.7 Å². The monoisotopic (exact) mass is 284 g/mol. The normalized spacial score (nSPS) is 13.0. The first kappa shape index (κ1) is 14.0. The summed E-state index contributed by atoms with van der Waals surface area (Å²) in [6.45, 7) is 1.73. The van der Waals surface area contributed by atoms with Crippen molar-refractivity contribution in [2.75, 3.05) is 0 Å². The lowest BCUT2D eigenvalue weighted by Crippen LogP contribution is -2.27. The third kappa shape index (κ3) is 3.14. The van der Waals surface area contributed by atoms with Crippen molar-refractivity contribution < 1.29 is 18.0 Å². The molecule has 0 spiro atoms. The number of nitrogens with zero attached hydrogens (tertiary/aromatic N) is 2. The van der Waals surface area contributed by atoms with Gasteiger partial charge < -0.3 is 5.32 Å². The maximum atomic E-state index is 12.4. The van der Waals surface area contributed by atoms with E-state index in [1.165, 1.54) is 0 Å². The Kier molecular flexibility index (Phi) is 3.73. The average molecular weight is 284 g/mol. The molecule has 1 amide bonds. The van der Waals surface area contributed by atoms with Gasteiger partial charge in [-0.05, 0) is 19.1 Å². The van der Waals surface area contributed by atoms with Gasteiger partial charge in [-0.15, -0.1) is 0 Å². The van der Waals surface area contributed by atoms with Crippen molar-refractivity contribution in [1.82, 2.24) is 20.5 Å². The molecule has 2 aromatic rings. The molecule has 5 nitrogen and oxygen atoms in total. The zero-order chi connectivity index (χ0) is 14.8. The Hall–Kier alpha value is -2.38. The Morgan fingerprint density at radius 2 is 2.10 bits per heavy atom. The number of aromatic nitrogens is 3. The fourth-order valence-corrected chi connectivity index (χ4v) is 1.55. The van der Waals surface area contributed by atoms with Crippen LogP contribution in [0.25, 0.3) is 0 Å². The van der Waals surface area contributed by atoms with E-state index in [9.17, 15) is 18.0 Å². The van der Waals surface area contributed by atoms with Gasteiger partial charge in [-0.25, -0.2) is 0 Å². The molecule has 2 N–H and O–H groups in total. The Morgan fingerprint density at radius 3 is 2.60 bits per heavy atom. The number of aromatic amines is 1. The number of halogens is 3. The van der Waals surface area contributed by atoms with Crippen molar-refractivity contribution in [3.05, 3.63) is 47.5 Å². The zero-order valence-corrected chi connectivity index (χ0v) is 10.4. The minimum atomic E-state index is -4.47. The second-order valence-electron chi connectivity index (χ2n) is 4.16. The largest absolute Gasteiger partial charge is 0.417 e. The third-order valence-electron chi connectivity index (χ3n) is 2.69. The molecule has 20 heavy (non-hydrogen) atoms. The fraction of sp³-hybridized carbons (Fsp3) is 0.250. The minimum Gasteiger partial charge on any atom is -0.344 e. The smallest absolute Gasteiger partial charge is 0.344 e. The first-order valence-corrected chi connectivity index (χ1v) is 5.70. The van der Waals surface area contributed by atoms with Crippen LogP contribution < -0.4 is 5.32 Å². The maximum Gasteiger partial charge on any atom is 0.417 e. The Morgan fingerprint density at radius 1 is 1.35 bits per heavy atom. The molecule has 0 aliphatic rings. The average Bonchev–Trinajstić information content (AvgIpc) is 2.91. The number of nitrogens with one attached hydrogen (secondary N) is 2. The molecule has 1 unspecified atom stereocenters. The van der Waals surface area contributed by atoms with E-state index in [2.05, 4.69) is 20.5 Å². The van der Waals surface area contributed by atoms with Crippen LogP contribution in [0.2, 0.25) is 0 Å². The number of hydrogen-bond acceptors (Lipinski definition) is 3. The van der Waals surface area contributed by atoms with Gasteiger partial charge in [-0.3, -0.25) is 14.9 Å². The van der Waals surface area contributed by atoms with E-state index >= 15 is 0 Å². The van der Waals surface area contributed by atoms with E-state index in [4.69, 9.17) is 0 Å². The number of hydrogen-bond donors (Lipinski definition) is 2. The van der Waals surface area contributed by atoms with Crippen LogP contribution >= 0.6 is 0 Å². The summed E-state index contributed by atoms with van der Waals surface area (Å²) in [6.07, 6.45) is -0.667. The summed E-state index contributed by atoms with van der Waals surface area (Å²) in [4.78, 5) is 15.3. The Bertz CT molecular complexity index is 578. The van der Waals surface area contributed by atoms with Crippen LogP contribution in [0.15, 0.2) is 30.7 Å². The Balaban J connectivity index is 2.06.